The van der Waals surface area contributed by atoms with Gasteiger partial charge in [-0.2, -0.15) is 0 Å². The molecule has 2 heterocycles. The van der Waals surface area contributed by atoms with Crippen molar-refractivity contribution in [3.63, 3.8) is 0 Å². The van der Waals surface area contributed by atoms with Gasteiger partial charge in [0.2, 0.25) is 0 Å². The van der Waals surface area contributed by atoms with Gasteiger partial charge in [-0.3, -0.25) is 0 Å². The van der Waals surface area contributed by atoms with Crippen molar-refractivity contribution >= 4 is 5.97 Å². The predicted octanol–water partition coefficient (Wildman–Crippen LogP) is -0.518. The van der Waals surface area contributed by atoms with E-state index in [-0.39, 0.29) is 6.61 Å². The maximum Gasteiger partial charge on any atom is 0.335 e. The Hall–Kier alpha value is -1.41. The molecule has 1 saturated heterocycles. The molecule has 3 N–H and O–H groups in total. The monoisotopic (exact) mass is 299 g/mol. The van der Waals surface area contributed by atoms with Crippen molar-refractivity contribution in [1.82, 2.24) is 4.90 Å². The second-order valence-corrected chi connectivity index (χ2v) is 5.06. The molecule has 0 unspecified atom stereocenters. The Kier molecular flexibility index (Phi) is 5.35. The lowest BCUT2D eigenvalue weighted by atomic mass is 10.1. The molecular weight excluding hydrogens is 278 g/mol. The number of esters is 1. The van der Waals surface area contributed by atoms with E-state index >= 15 is 0 Å². The number of carbonyl (C=O) groups is 1. The Morgan fingerprint density at radius 2 is 2.24 bits per heavy atom. The van der Waals surface area contributed by atoms with Crippen LogP contribution in [0.1, 0.15) is 19.8 Å². The van der Waals surface area contributed by atoms with Gasteiger partial charge in [0.05, 0.1) is 18.8 Å². The molecule has 0 aromatic carbocycles. The minimum Gasteiger partial charge on any atom is -0.462 e. The van der Waals surface area contributed by atoms with Crippen LogP contribution in [-0.2, 0) is 14.3 Å². The quantitative estimate of drug-likeness (QED) is 0.587. The molecule has 0 radical (unpaired) electrons. The van der Waals surface area contributed by atoms with Crippen LogP contribution in [0.3, 0.4) is 0 Å². The number of aliphatic hydroxyl groups is 3. The average molecular weight is 299 g/mol. The normalized spacial score (nSPS) is 32.2. The summed E-state index contributed by atoms with van der Waals surface area (Å²) in [6.45, 7) is 1.88. The van der Waals surface area contributed by atoms with Crippen molar-refractivity contribution in [2.45, 2.75) is 44.3 Å². The van der Waals surface area contributed by atoms with E-state index < -0.39 is 30.5 Å². The number of hydrogen-bond acceptors (Lipinski definition) is 7. The summed E-state index contributed by atoms with van der Waals surface area (Å²) >= 11 is 0. The lowest BCUT2D eigenvalue weighted by Gasteiger charge is -2.28. The molecule has 0 aromatic rings. The van der Waals surface area contributed by atoms with Crippen molar-refractivity contribution in [1.29, 1.82) is 0 Å². The lowest BCUT2D eigenvalue weighted by Crippen LogP contribution is -2.40. The fourth-order valence-corrected chi connectivity index (χ4v) is 2.29. The van der Waals surface area contributed by atoms with Crippen LogP contribution in [0.5, 0.6) is 0 Å². The topological polar surface area (TPSA) is 99.5 Å². The van der Waals surface area contributed by atoms with Gasteiger partial charge in [-0.1, -0.05) is 13.0 Å². The highest BCUT2D eigenvalue weighted by Crippen LogP contribution is 2.27. The zero-order valence-corrected chi connectivity index (χ0v) is 11.9. The first kappa shape index (κ1) is 16.0. The van der Waals surface area contributed by atoms with E-state index in [4.69, 9.17) is 14.6 Å². The fourth-order valence-electron chi connectivity index (χ4n) is 2.29. The van der Waals surface area contributed by atoms with E-state index in [0.717, 1.165) is 6.42 Å². The van der Waals surface area contributed by atoms with Gasteiger partial charge in [0.15, 0.2) is 6.23 Å². The van der Waals surface area contributed by atoms with Gasteiger partial charge < -0.3 is 29.7 Å². The summed E-state index contributed by atoms with van der Waals surface area (Å²) in [6, 6.07) is 0. The molecule has 21 heavy (non-hydrogen) atoms. The molecule has 0 bridgehead atoms. The van der Waals surface area contributed by atoms with Crippen molar-refractivity contribution in [3.8, 4) is 0 Å². The van der Waals surface area contributed by atoms with Crippen molar-refractivity contribution in [2.24, 2.45) is 0 Å². The zero-order valence-electron chi connectivity index (χ0n) is 11.9. The van der Waals surface area contributed by atoms with Gasteiger partial charge >= 0.3 is 5.97 Å². The van der Waals surface area contributed by atoms with E-state index in [1.54, 1.807) is 18.5 Å². The first-order valence-corrected chi connectivity index (χ1v) is 7.02. The second kappa shape index (κ2) is 7.04. The first-order valence-electron chi connectivity index (χ1n) is 7.02. The molecule has 0 aliphatic carbocycles. The third-order valence-corrected chi connectivity index (χ3v) is 3.43. The van der Waals surface area contributed by atoms with Gasteiger partial charge in [-0.05, 0) is 6.42 Å². The van der Waals surface area contributed by atoms with E-state index in [1.807, 2.05) is 6.92 Å². The van der Waals surface area contributed by atoms with Crippen LogP contribution in [0.25, 0.3) is 0 Å². The van der Waals surface area contributed by atoms with Gasteiger partial charge in [0.25, 0.3) is 0 Å². The summed E-state index contributed by atoms with van der Waals surface area (Å²) in [4.78, 5) is 13.3. The molecule has 2 aliphatic rings. The number of rotatable bonds is 5. The molecule has 4 atom stereocenters. The predicted molar refractivity (Wildman–Crippen MR) is 72.7 cm³/mol. The summed E-state index contributed by atoms with van der Waals surface area (Å²) in [6.07, 6.45) is 2.11. The van der Waals surface area contributed by atoms with Gasteiger partial charge in [-0.15, -0.1) is 0 Å². The van der Waals surface area contributed by atoms with Crippen LogP contribution in [-0.4, -0.2) is 63.9 Å². The number of nitrogens with zero attached hydrogens (tertiary/aromatic N) is 1. The van der Waals surface area contributed by atoms with Gasteiger partial charge in [-0.25, -0.2) is 4.79 Å². The number of aliphatic hydroxyl groups excluding tert-OH is 3. The fraction of sp³-hybridized carbons (Fsp3) is 0.643. The smallest absolute Gasteiger partial charge is 0.335 e. The molecular formula is C14H21NO6. The summed E-state index contributed by atoms with van der Waals surface area (Å²) in [7, 11) is 0. The van der Waals surface area contributed by atoms with Crippen LogP contribution in [0.15, 0.2) is 24.0 Å². The minimum absolute atomic E-state index is 0.355. The summed E-state index contributed by atoms with van der Waals surface area (Å²) in [5.74, 6) is -0.405. The van der Waals surface area contributed by atoms with E-state index in [2.05, 4.69) is 0 Å². The number of hydrogen-bond donors (Lipinski definition) is 3. The average Bonchev–Trinajstić information content (AvgIpc) is 2.80. The van der Waals surface area contributed by atoms with E-state index in [0.29, 0.717) is 18.6 Å². The Morgan fingerprint density at radius 3 is 2.86 bits per heavy atom. The lowest BCUT2D eigenvalue weighted by molar-refractivity contribution is -0.139. The Bertz CT molecular complexity index is 435. The largest absolute Gasteiger partial charge is 0.462 e. The Labute approximate surface area is 123 Å². The van der Waals surface area contributed by atoms with Crippen LogP contribution < -0.4 is 0 Å². The Balaban J connectivity index is 2.06. The molecule has 1 fully saturated rings. The van der Waals surface area contributed by atoms with Gasteiger partial charge in [0, 0.05) is 18.8 Å². The second-order valence-electron chi connectivity index (χ2n) is 5.06. The molecule has 0 amide bonds. The molecule has 2 aliphatic heterocycles. The third-order valence-electron chi connectivity index (χ3n) is 3.43. The van der Waals surface area contributed by atoms with Crippen molar-refractivity contribution < 1.29 is 29.6 Å². The van der Waals surface area contributed by atoms with Crippen LogP contribution >= 0.6 is 0 Å². The summed E-state index contributed by atoms with van der Waals surface area (Å²) in [5.41, 5.74) is 0.448. The zero-order chi connectivity index (χ0) is 15.4. The number of allylic oxidation sites excluding steroid dienone is 1. The highest BCUT2D eigenvalue weighted by molar-refractivity contribution is 5.88. The maximum absolute atomic E-state index is 11.8. The van der Waals surface area contributed by atoms with E-state index in [9.17, 15) is 15.0 Å². The molecule has 118 valence electrons. The molecule has 0 saturated carbocycles. The highest BCUT2D eigenvalue weighted by atomic mass is 16.6. The number of carbonyl (C=O) groups excluding carboxylic acids is 1. The molecule has 2 rings (SSSR count). The highest BCUT2D eigenvalue weighted by Gasteiger charge is 2.44. The van der Waals surface area contributed by atoms with Crippen molar-refractivity contribution in [3.05, 3.63) is 24.0 Å². The standard InChI is InChI=1S/C14H21NO6/c1-2-6-20-14(19)9-4-3-5-15(7-9)13-12(18)11(17)10(8-16)21-13/h3,5,7,10-13,16-18H,2,4,6,8H2,1H3/t10-,11+,12+,13-/m1/s1. The van der Waals surface area contributed by atoms with Crippen molar-refractivity contribution in [2.75, 3.05) is 13.2 Å². The number of ether oxygens (including phenoxy) is 2. The van der Waals surface area contributed by atoms with E-state index in [1.165, 1.54) is 4.90 Å². The maximum atomic E-state index is 11.8. The molecule has 0 spiro atoms. The minimum atomic E-state index is -1.17. The SMILES string of the molecule is CCCOC(=O)C1=CN([C@@H]2O[C@H](CO)[C@H](O)[C@@H]2O)C=CC1. The molecule has 7 heteroatoms. The van der Waals surface area contributed by atoms with Crippen LogP contribution in [0, 0.1) is 0 Å². The summed E-state index contributed by atoms with van der Waals surface area (Å²) in [5, 5.41) is 28.8. The third kappa shape index (κ3) is 3.44. The first-order chi connectivity index (χ1) is 10.1. The summed E-state index contributed by atoms with van der Waals surface area (Å²) < 4.78 is 10.5. The Morgan fingerprint density at radius 1 is 1.48 bits per heavy atom. The van der Waals surface area contributed by atoms with Gasteiger partial charge in [0.1, 0.15) is 18.3 Å². The van der Waals surface area contributed by atoms with Crippen LogP contribution in [0.4, 0.5) is 0 Å². The molecule has 7 nitrogen and oxygen atoms in total. The van der Waals surface area contributed by atoms with Crippen LogP contribution in [0.2, 0.25) is 0 Å². The molecule has 0 aromatic heterocycles.